The summed E-state index contributed by atoms with van der Waals surface area (Å²) >= 11 is 0. The quantitative estimate of drug-likeness (QED) is 0.844. The first kappa shape index (κ1) is 17.4. The van der Waals surface area contributed by atoms with E-state index in [1.54, 1.807) is 0 Å². The molecule has 0 aliphatic carbocycles. The van der Waals surface area contributed by atoms with Crippen molar-refractivity contribution < 1.29 is 13.9 Å². The highest BCUT2D eigenvalue weighted by atomic mass is 19.1. The SMILES string of the molecule is COc1nc(Cc2ccccc2)c(F)cc1CNC(=O)C1CCCN1. The fourth-order valence-corrected chi connectivity index (χ4v) is 2.98. The number of ether oxygens (including phenoxy) is 1. The summed E-state index contributed by atoms with van der Waals surface area (Å²) in [5, 5.41) is 5.96. The second-order valence-corrected chi connectivity index (χ2v) is 6.11. The van der Waals surface area contributed by atoms with Crippen LogP contribution < -0.4 is 15.4 Å². The molecule has 1 aromatic carbocycles. The van der Waals surface area contributed by atoms with E-state index in [4.69, 9.17) is 4.74 Å². The van der Waals surface area contributed by atoms with E-state index in [0.717, 1.165) is 24.9 Å². The van der Waals surface area contributed by atoms with Gasteiger partial charge in [0.25, 0.3) is 0 Å². The van der Waals surface area contributed by atoms with E-state index < -0.39 is 5.82 Å². The smallest absolute Gasteiger partial charge is 0.237 e. The first-order valence-electron chi connectivity index (χ1n) is 8.44. The number of aromatic nitrogens is 1. The Morgan fingerprint density at radius 1 is 1.40 bits per heavy atom. The standard InChI is InChI=1S/C19H22FN3O2/c1-25-19-14(12-22-18(24)16-8-5-9-21-16)11-15(20)17(23-19)10-13-6-3-2-4-7-13/h2-4,6-7,11,16,21H,5,8-10,12H2,1H3,(H,22,24). The normalized spacial score (nSPS) is 16.6. The Morgan fingerprint density at radius 2 is 2.20 bits per heavy atom. The molecular weight excluding hydrogens is 321 g/mol. The molecule has 25 heavy (non-hydrogen) atoms. The first-order chi connectivity index (χ1) is 12.2. The number of rotatable bonds is 6. The van der Waals surface area contributed by atoms with Crippen molar-refractivity contribution in [3.8, 4) is 5.88 Å². The molecule has 132 valence electrons. The molecule has 1 aromatic heterocycles. The summed E-state index contributed by atoms with van der Waals surface area (Å²) in [5.74, 6) is -0.131. The lowest BCUT2D eigenvalue weighted by molar-refractivity contribution is -0.122. The molecule has 1 amide bonds. The van der Waals surface area contributed by atoms with Crippen LogP contribution in [0.15, 0.2) is 36.4 Å². The summed E-state index contributed by atoms with van der Waals surface area (Å²) in [6.07, 6.45) is 2.21. The number of pyridine rings is 1. The number of methoxy groups -OCH3 is 1. The van der Waals surface area contributed by atoms with Crippen molar-refractivity contribution in [3.05, 3.63) is 59.0 Å². The van der Waals surface area contributed by atoms with Gasteiger partial charge in [-0.2, -0.15) is 0 Å². The highest BCUT2D eigenvalue weighted by molar-refractivity contribution is 5.82. The van der Waals surface area contributed by atoms with E-state index in [-0.39, 0.29) is 18.5 Å². The van der Waals surface area contributed by atoms with E-state index in [9.17, 15) is 9.18 Å². The summed E-state index contributed by atoms with van der Waals surface area (Å²) in [6.45, 7) is 1.04. The molecule has 0 radical (unpaired) electrons. The minimum Gasteiger partial charge on any atom is -0.481 e. The van der Waals surface area contributed by atoms with E-state index in [1.807, 2.05) is 30.3 Å². The van der Waals surface area contributed by atoms with Crippen molar-refractivity contribution >= 4 is 5.91 Å². The van der Waals surface area contributed by atoms with Gasteiger partial charge in [-0.15, -0.1) is 0 Å². The van der Waals surface area contributed by atoms with Crippen LogP contribution in [0.1, 0.15) is 29.7 Å². The average Bonchev–Trinajstić information content (AvgIpc) is 3.17. The number of carbonyl (C=O) groups excluding carboxylic acids is 1. The second kappa shape index (κ2) is 8.07. The summed E-state index contributed by atoms with van der Waals surface area (Å²) in [6, 6.07) is 10.8. The molecule has 0 spiro atoms. The van der Waals surface area contributed by atoms with E-state index >= 15 is 0 Å². The maximum atomic E-state index is 14.4. The third-order valence-electron chi connectivity index (χ3n) is 4.33. The minimum atomic E-state index is -0.395. The Balaban J connectivity index is 1.71. The molecule has 1 unspecified atom stereocenters. The Bertz CT molecular complexity index is 731. The van der Waals surface area contributed by atoms with Crippen LogP contribution in [-0.2, 0) is 17.8 Å². The Kier molecular flexibility index (Phi) is 5.60. The Labute approximate surface area is 146 Å². The molecular formula is C19H22FN3O2. The molecule has 2 N–H and O–H groups in total. The highest BCUT2D eigenvalue weighted by Gasteiger charge is 2.22. The van der Waals surface area contributed by atoms with Gasteiger partial charge in [0.05, 0.1) is 18.8 Å². The fraction of sp³-hybridized carbons (Fsp3) is 0.368. The molecule has 1 saturated heterocycles. The van der Waals surface area contributed by atoms with Crippen LogP contribution in [0.3, 0.4) is 0 Å². The van der Waals surface area contributed by atoms with Crippen LogP contribution in [0.25, 0.3) is 0 Å². The second-order valence-electron chi connectivity index (χ2n) is 6.11. The summed E-state index contributed by atoms with van der Waals surface area (Å²) in [7, 11) is 1.50. The fourth-order valence-electron chi connectivity index (χ4n) is 2.98. The number of benzene rings is 1. The van der Waals surface area contributed by atoms with Crippen LogP contribution in [0, 0.1) is 5.82 Å². The van der Waals surface area contributed by atoms with Crippen LogP contribution in [0.4, 0.5) is 4.39 Å². The topological polar surface area (TPSA) is 63.2 Å². The molecule has 0 bridgehead atoms. The number of nitrogens with one attached hydrogen (secondary N) is 2. The average molecular weight is 343 g/mol. The van der Waals surface area contributed by atoms with Crippen molar-refractivity contribution in [2.75, 3.05) is 13.7 Å². The van der Waals surface area contributed by atoms with Crippen LogP contribution in [0.5, 0.6) is 5.88 Å². The molecule has 5 nitrogen and oxygen atoms in total. The Morgan fingerprint density at radius 3 is 2.88 bits per heavy atom. The third-order valence-corrected chi connectivity index (χ3v) is 4.33. The molecule has 3 rings (SSSR count). The third kappa shape index (κ3) is 4.33. The van der Waals surface area contributed by atoms with Gasteiger partial charge in [0.2, 0.25) is 11.8 Å². The summed E-state index contributed by atoms with van der Waals surface area (Å²) < 4.78 is 19.7. The van der Waals surface area contributed by atoms with E-state index in [2.05, 4.69) is 15.6 Å². The predicted octanol–water partition coefficient (Wildman–Crippen LogP) is 2.19. The molecule has 1 aliphatic heterocycles. The van der Waals surface area contributed by atoms with Crippen molar-refractivity contribution in [1.29, 1.82) is 0 Å². The largest absolute Gasteiger partial charge is 0.481 e. The zero-order valence-electron chi connectivity index (χ0n) is 14.2. The molecule has 2 heterocycles. The lowest BCUT2D eigenvalue weighted by Gasteiger charge is -2.14. The zero-order valence-corrected chi connectivity index (χ0v) is 14.2. The van der Waals surface area contributed by atoms with Gasteiger partial charge in [0.15, 0.2) is 0 Å². The number of hydrogen-bond donors (Lipinski definition) is 2. The lowest BCUT2D eigenvalue weighted by atomic mass is 10.1. The number of nitrogens with zero attached hydrogens (tertiary/aromatic N) is 1. The van der Waals surface area contributed by atoms with Gasteiger partial charge in [-0.3, -0.25) is 4.79 Å². The van der Waals surface area contributed by atoms with Gasteiger partial charge >= 0.3 is 0 Å². The van der Waals surface area contributed by atoms with E-state index in [0.29, 0.717) is 23.6 Å². The van der Waals surface area contributed by atoms with Crippen LogP contribution in [0.2, 0.25) is 0 Å². The van der Waals surface area contributed by atoms with Gasteiger partial charge in [-0.25, -0.2) is 9.37 Å². The van der Waals surface area contributed by atoms with E-state index in [1.165, 1.54) is 13.2 Å². The molecule has 1 aliphatic rings. The van der Waals surface area contributed by atoms with Crippen LogP contribution in [-0.4, -0.2) is 30.6 Å². The molecule has 0 saturated carbocycles. The van der Waals surface area contributed by atoms with Gasteiger partial charge in [0.1, 0.15) is 5.82 Å². The van der Waals surface area contributed by atoms with Gasteiger partial charge in [-0.05, 0) is 31.0 Å². The molecule has 6 heteroatoms. The number of halogens is 1. The number of carbonyl (C=O) groups is 1. The molecule has 2 aromatic rings. The maximum Gasteiger partial charge on any atom is 0.237 e. The van der Waals surface area contributed by atoms with Crippen molar-refractivity contribution in [2.45, 2.75) is 31.8 Å². The number of hydrogen-bond acceptors (Lipinski definition) is 4. The van der Waals surface area contributed by atoms with Crippen molar-refractivity contribution in [2.24, 2.45) is 0 Å². The van der Waals surface area contributed by atoms with Gasteiger partial charge in [0, 0.05) is 18.5 Å². The van der Waals surface area contributed by atoms with Crippen molar-refractivity contribution in [3.63, 3.8) is 0 Å². The molecule has 1 atom stereocenters. The minimum absolute atomic E-state index is 0.0756. The monoisotopic (exact) mass is 343 g/mol. The summed E-state index contributed by atoms with van der Waals surface area (Å²) in [4.78, 5) is 16.4. The highest BCUT2D eigenvalue weighted by Crippen LogP contribution is 2.21. The first-order valence-corrected chi connectivity index (χ1v) is 8.44. The lowest BCUT2D eigenvalue weighted by Crippen LogP contribution is -2.40. The molecule has 1 fully saturated rings. The van der Waals surface area contributed by atoms with Crippen molar-refractivity contribution in [1.82, 2.24) is 15.6 Å². The van der Waals surface area contributed by atoms with Gasteiger partial charge < -0.3 is 15.4 Å². The maximum absolute atomic E-state index is 14.4. The number of amides is 1. The summed E-state index contributed by atoms with van der Waals surface area (Å²) in [5.41, 5.74) is 1.84. The zero-order chi connectivity index (χ0) is 17.6. The van der Waals surface area contributed by atoms with Crippen LogP contribution >= 0.6 is 0 Å². The predicted molar refractivity (Wildman–Crippen MR) is 92.9 cm³/mol. The Hall–Kier alpha value is -2.47. The van der Waals surface area contributed by atoms with Gasteiger partial charge in [-0.1, -0.05) is 30.3 Å².